The highest BCUT2D eigenvalue weighted by atomic mass is 16.7. The Hall–Kier alpha value is -4.79. The number of aliphatic hydroxyl groups is 5. The Bertz CT molecular complexity index is 2760. The molecule has 8 rings (SSSR count). The number of aromatic hydroxyl groups is 2. The Morgan fingerprint density at radius 2 is 1.25 bits per heavy atom. The van der Waals surface area contributed by atoms with Gasteiger partial charge in [0.25, 0.3) is 0 Å². The summed E-state index contributed by atoms with van der Waals surface area (Å²) in [5, 5.41) is 80.6. The third-order valence-corrected chi connectivity index (χ3v) is 17.2. The minimum absolute atomic E-state index is 0.0352. The number of esters is 3. The lowest BCUT2D eigenvalue weighted by atomic mass is 9.75. The molecule has 27 nitrogen and oxygen atoms in total. The molecule has 5 saturated heterocycles. The summed E-state index contributed by atoms with van der Waals surface area (Å²) in [4.78, 5) is 66.2. The zero-order valence-corrected chi connectivity index (χ0v) is 51.3. The molecule has 5 fully saturated rings. The second kappa shape index (κ2) is 28.2. The van der Waals surface area contributed by atoms with Gasteiger partial charge in [0, 0.05) is 78.1 Å². The van der Waals surface area contributed by atoms with Crippen molar-refractivity contribution >= 4 is 40.2 Å². The third kappa shape index (κ3) is 15.0. The van der Waals surface area contributed by atoms with E-state index in [1.54, 1.807) is 27.7 Å². The van der Waals surface area contributed by atoms with Crippen molar-refractivity contribution in [2.75, 3.05) is 14.2 Å². The van der Waals surface area contributed by atoms with Crippen LogP contribution in [0.5, 0.6) is 17.2 Å². The molecule has 25 atom stereocenters. The van der Waals surface area contributed by atoms with Crippen LogP contribution in [0.15, 0.2) is 12.1 Å². The summed E-state index contributed by atoms with van der Waals surface area (Å²) < 4.78 is 89.9. The molecular weight excluding hydrogens is 1150 g/mol. The number of hydrogen-bond donors (Lipinski definition) is 7. The maximum Gasteiger partial charge on any atom is 0.305 e. The third-order valence-electron chi connectivity index (χ3n) is 17.2. The maximum atomic E-state index is 15.3. The quantitative estimate of drug-likeness (QED) is 0.0739. The van der Waals surface area contributed by atoms with Crippen LogP contribution in [0.4, 0.5) is 0 Å². The minimum Gasteiger partial charge on any atom is -0.507 e. The van der Waals surface area contributed by atoms with E-state index < -0.39 is 194 Å². The number of aliphatic hydroxyl groups excluding tert-OH is 4. The van der Waals surface area contributed by atoms with Crippen molar-refractivity contribution in [1.82, 2.24) is 0 Å². The monoisotopic (exact) mass is 1240 g/mol. The highest BCUT2D eigenvalue weighted by Crippen LogP contribution is 2.48. The van der Waals surface area contributed by atoms with Crippen molar-refractivity contribution in [3.05, 3.63) is 28.8 Å². The Morgan fingerprint density at radius 1 is 0.713 bits per heavy atom. The van der Waals surface area contributed by atoms with E-state index >= 15 is 4.79 Å². The normalized spacial score (nSPS) is 38.4. The summed E-state index contributed by atoms with van der Waals surface area (Å²) in [5.74, 6) is -6.11. The zero-order chi connectivity index (χ0) is 63.8. The molecule has 0 spiro atoms. The molecule has 5 heterocycles. The fourth-order valence-corrected chi connectivity index (χ4v) is 12.8. The van der Waals surface area contributed by atoms with Crippen LogP contribution in [0.25, 0.3) is 10.8 Å². The topological polar surface area (TPSA) is 365 Å². The van der Waals surface area contributed by atoms with Crippen LogP contribution in [0.1, 0.15) is 129 Å². The van der Waals surface area contributed by atoms with E-state index in [9.17, 15) is 54.9 Å². The molecule has 0 radical (unpaired) electrons. The predicted octanol–water partition coefficient (Wildman–Crippen LogP) is 2.51. The second-order valence-corrected chi connectivity index (χ2v) is 23.9. The van der Waals surface area contributed by atoms with Crippen LogP contribution in [0, 0.1) is 12.8 Å². The highest BCUT2D eigenvalue weighted by molar-refractivity contribution is 6.11. The van der Waals surface area contributed by atoms with Gasteiger partial charge in [0.2, 0.25) is 6.29 Å². The van der Waals surface area contributed by atoms with Crippen LogP contribution >= 0.6 is 0 Å². The van der Waals surface area contributed by atoms with E-state index in [0.717, 1.165) is 0 Å². The number of phenolic OH excluding ortho intramolecular Hbond substituents is 2. The molecule has 0 bridgehead atoms. The fraction of sp³-hybridized carbons (Fsp3) is 0.750. The van der Waals surface area contributed by atoms with Gasteiger partial charge in [0.15, 0.2) is 55.0 Å². The Kier molecular flexibility index (Phi) is 22.1. The first-order valence-electron chi connectivity index (χ1n) is 29.6. The number of carbonyl (C=O) groups is 5. The molecular formula is C60H86O27. The molecule has 5 aliphatic heterocycles. The van der Waals surface area contributed by atoms with Gasteiger partial charge in [-0.3, -0.25) is 24.0 Å². The summed E-state index contributed by atoms with van der Waals surface area (Å²) in [6.45, 7) is 16.4. The van der Waals surface area contributed by atoms with Crippen molar-refractivity contribution in [3.63, 3.8) is 0 Å². The van der Waals surface area contributed by atoms with Gasteiger partial charge >= 0.3 is 17.9 Å². The molecule has 0 saturated carbocycles. The average molecular weight is 1240 g/mol. The van der Waals surface area contributed by atoms with E-state index in [1.165, 1.54) is 74.8 Å². The van der Waals surface area contributed by atoms with Gasteiger partial charge in [0.05, 0.1) is 59.8 Å². The number of fused-ring (bicyclic) bond motifs is 2. The van der Waals surface area contributed by atoms with Crippen LogP contribution in [0.3, 0.4) is 0 Å². The smallest absolute Gasteiger partial charge is 0.305 e. The van der Waals surface area contributed by atoms with E-state index in [1.807, 2.05) is 0 Å². The molecule has 0 amide bonds. The Balaban J connectivity index is 1.06. The van der Waals surface area contributed by atoms with Crippen LogP contribution in [-0.2, 0) is 91.9 Å². The van der Waals surface area contributed by atoms with Gasteiger partial charge in [-0.25, -0.2) is 0 Å². The van der Waals surface area contributed by atoms with Crippen molar-refractivity contribution in [2.24, 2.45) is 5.92 Å². The molecule has 87 heavy (non-hydrogen) atoms. The first-order valence-corrected chi connectivity index (χ1v) is 29.6. The number of methoxy groups -OCH3 is 2. The van der Waals surface area contributed by atoms with Gasteiger partial charge in [-0.1, -0.05) is 6.92 Å². The number of phenols is 2. The summed E-state index contributed by atoms with van der Waals surface area (Å²) in [7, 11) is 2.64. The van der Waals surface area contributed by atoms with Gasteiger partial charge in [0.1, 0.15) is 65.6 Å². The van der Waals surface area contributed by atoms with Crippen molar-refractivity contribution < 1.29 is 131 Å². The lowest BCUT2D eigenvalue weighted by Crippen LogP contribution is -2.59. The first-order chi connectivity index (χ1) is 40.9. The number of ketones is 2. The van der Waals surface area contributed by atoms with Crippen LogP contribution in [-0.4, -0.2) is 226 Å². The van der Waals surface area contributed by atoms with Crippen LogP contribution < -0.4 is 4.74 Å². The largest absolute Gasteiger partial charge is 0.507 e. The van der Waals surface area contributed by atoms with Gasteiger partial charge in [-0.15, -0.1) is 0 Å². The van der Waals surface area contributed by atoms with Crippen molar-refractivity contribution in [3.8, 4) is 17.2 Å². The average Bonchev–Trinajstić information content (AvgIpc) is 0.872. The van der Waals surface area contributed by atoms with E-state index in [-0.39, 0.29) is 78.2 Å². The Labute approximate surface area is 503 Å². The number of rotatable bonds is 20. The summed E-state index contributed by atoms with van der Waals surface area (Å²) in [5.41, 5.74) is -1.56. The summed E-state index contributed by atoms with van der Waals surface area (Å²) in [6, 6.07) is 3.03. The van der Waals surface area contributed by atoms with E-state index in [0.29, 0.717) is 0 Å². The minimum atomic E-state index is -1.96. The van der Waals surface area contributed by atoms with Crippen molar-refractivity contribution in [2.45, 2.75) is 268 Å². The number of benzene rings is 2. The molecule has 0 unspecified atom stereocenters. The fourth-order valence-electron chi connectivity index (χ4n) is 12.8. The standard InChI is InChI=1S/C60H86O27/c1-14-40(64)75-26(5)51(68)54(71)57(74-13)34-16-32-15-33-17-36(83-43-21-39(56(28(7)79-43)81-30(9)61)86-41-18-35(63)55(73-12)27(6)78-41)23(2)48(65)46(33)52(69)47(32)53(70)58(34)87-44-20-37(49(66)25(4)77-44)84-42-19-38(50(67)24(3)76-42)85-45-22-60(11,72)59(29(8)80-45)82-31(10)62/h15,17,24-29,34-35,37-39,41-45,49-51,55-59,63,65-69,72H,14,16,18-22H2,1-13H3/t24-,25-,26-,27-,28-,29+,34+,35-,37+,38+,39-,41-,42+,43+,44+,45+,49-,50-,51+,55-,56-,57+,58+,59+,60-/m1/s1. The molecule has 7 N–H and O–H groups in total. The summed E-state index contributed by atoms with van der Waals surface area (Å²) in [6.07, 6.45) is -26.1. The predicted molar refractivity (Wildman–Crippen MR) is 297 cm³/mol. The highest BCUT2D eigenvalue weighted by Gasteiger charge is 2.53. The number of Topliss-reactive ketones (excluding diaryl/α,β-unsaturated/α-hetero) is 2. The molecule has 1 aliphatic carbocycles. The van der Waals surface area contributed by atoms with Gasteiger partial charge < -0.3 is 107 Å². The van der Waals surface area contributed by atoms with Crippen molar-refractivity contribution in [1.29, 1.82) is 0 Å². The molecule has 0 aromatic heterocycles. The zero-order valence-electron chi connectivity index (χ0n) is 51.3. The number of hydrogen-bond acceptors (Lipinski definition) is 27. The van der Waals surface area contributed by atoms with Gasteiger partial charge in [-0.2, -0.15) is 0 Å². The lowest BCUT2D eigenvalue weighted by Gasteiger charge is -2.46. The van der Waals surface area contributed by atoms with E-state index in [2.05, 4.69) is 0 Å². The molecule has 488 valence electrons. The first kappa shape index (κ1) is 68.1. The second-order valence-electron chi connectivity index (χ2n) is 23.9. The number of ether oxygens (including phenoxy) is 15. The number of carbonyl (C=O) groups excluding carboxylic acids is 5. The molecule has 6 aliphatic rings. The molecule has 2 aromatic carbocycles. The van der Waals surface area contributed by atoms with Crippen LogP contribution in [0.2, 0.25) is 0 Å². The summed E-state index contributed by atoms with van der Waals surface area (Å²) >= 11 is 0. The SMILES string of the molecule is CCC(=O)O[C@H](C)[C@H](O)C(=O)[C@@H](OC)[C@@H]1Cc2cc3cc(O[C@H]4C[C@@H](O[C@@H]5C[C@@H](O)[C@H](OC)[C@@H](C)O5)[C@H](OC(C)=O)[C@@H](C)O4)c(C)c(O)c3c(O)c2C(=O)[C@H]1O[C@H]1C[C@H](O[C@H]2C[C@H](O[C@H]3C[C@@](C)(O)[C@@H](OC(C)=O)[C@H](C)O3)[C@H](O)[C@@H](C)O2)[C@H](O)[C@@H](C)O1. The lowest BCUT2D eigenvalue weighted by molar-refractivity contribution is -0.334. The van der Waals surface area contributed by atoms with Gasteiger partial charge in [-0.05, 0) is 84.9 Å². The van der Waals surface area contributed by atoms with E-state index in [4.69, 9.17) is 71.1 Å². The molecule has 27 heteroatoms. The molecule has 2 aromatic rings. The maximum absolute atomic E-state index is 15.3. The Morgan fingerprint density at radius 3 is 1.83 bits per heavy atom.